The molecule has 0 N–H and O–H groups in total. The Morgan fingerprint density at radius 3 is 2.54 bits per heavy atom. The van der Waals surface area contributed by atoms with Crippen molar-refractivity contribution in [2.45, 2.75) is 19.0 Å². The summed E-state index contributed by atoms with van der Waals surface area (Å²) >= 11 is 12.4. The number of morpholine rings is 1. The van der Waals surface area contributed by atoms with Gasteiger partial charge in [0, 0.05) is 28.7 Å². The molecule has 2 aliphatic rings. The standard InChI is InChI=1S/C25H20Cl2F3N3O2/c26-18-6-4-15(21(27)14-18)12-16-5-7-20-22(24(34)32-8-10-35-11-9-32)31-33(23(16)20)19-3-1-2-17(13-19)25(28,29)30/h1-4,6,12-14H,5,7-11H2/b16-12-. The monoisotopic (exact) mass is 521 g/mol. The smallest absolute Gasteiger partial charge is 0.378 e. The highest BCUT2D eigenvalue weighted by molar-refractivity contribution is 6.35. The number of carbonyl (C=O) groups excluding carboxylic acids is 1. The summed E-state index contributed by atoms with van der Waals surface area (Å²) in [5, 5.41) is 5.50. The number of fused-ring (bicyclic) bond motifs is 1. The van der Waals surface area contributed by atoms with E-state index in [4.69, 9.17) is 27.9 Å². The molecule has 1 amide bonds. The Balaban J connectivity index is 1.65. The summed E-state index contributed by atoms with van der Waals surface area (Å²) in [6, 6.07) is 10.1. The SMILES string of the molecule is O=C(c1nn(-c2cccc(C(F)(F)F)c2)c2c1CC/C2=C/c1ccc(Cl)cc1Cl)N1CCOCC1. The van der Waals surface area contributed by atoms with E-state index in [9.17, 15) is 18.0 Å². The fourth-order valence-corrected chi connectivity index (χ4v) is 4.89. The Morgan fingerprint density at radius 1 is 1.06 bits per heavy atom. The highest BCUT2D eigenvalue weighted by Crippen LogP contribution is 2.39. The molecule has 1 aliphatic heterocycles. The molecule has 182 valence electrons. The third kappa shape index (κ3) is 4.70. The molecule has 3 aromatic rings. The normalized spacial score (nSPS) is 17.2. The molecule has 10 heteroatoms. The Kier molecular flexibility index (Phi) is 6.38. The van der Waals surface area contributed by atoms with Gasteiger partial charge < -0.3 is 9.64 Å². The number of aromatic nitrogens is 2. The molecule has 1 fully saturated rings. The number of hydrogen-bond donors (Lipinski definition) is 0. The zero-order valence-electron chi connectivity index (χ0n) is 18.4. The lowest BCUT2D eigenvalue weighted by Crippen LogP contribution is -2.41. The minimum absolute atomic E-state index is 0.229. The van der Waals surface area contributed by atoms with E-state index < -0.39 is 11.7 Å². The first-order valence-electron chi connectivity index (χ1n) is 11.0. The summed E-state index contributed by atoms with van der Waals surface area (Å²) in [4.78, 5) is 15.0. The summed E-state index contributed by atoms with van der Waals surface area (Å²) in [6.07, 6.45) is -1.50. The second kappa shape index (κ2) is 9.33. The quantitative estimate of drug-likeness (QED) is 0.414. The predicted molar refractivity (Wildman–Crippen MR) is 128 cm³/mol. The number of alkyl halides is 3. The third-order valence-corrected chi connectivity index (χ3v) is 6.71. The van der Waals surface area contributed by atoms with Crippen molar-refractivity contribution >= 4 is 40.8 Å². The van der Waals surface area contributed by atoms with E-state index >= 15 is 0 Å². The number of carbonyl (C=O) groups is 1. The maximum absolute atomic E-state index is 13.4. The summed E-state index contributed by atoms with van der Waals surface area (Å²) in [6.45, 7) is 1.74. The van der Waals surface area contributed by atoms with Crippen LogP contribution in [0.25, 0.3) is 17.3 Å². The molecule has 2 aromatic carbocycles. The lowest BCUT2D eigenvalue weighted by molar-refractivity contribution is -0.137. The van der Waals surface area contributed by atoms with Crippen molar-refractivity contribution in [3.63, 3.8) is 0 Å². The van der Waals surface area contributed by atoms with Gasteiger partial charge >= 0.3 is 6.18 Å². The first-order chi connectivity index (χ1) is 16.7. The Hall–Kier alpha value is -2.81. The minimum atomic E-state index is -4.51. The van der Waals surface area contributed by atoms with Gasteiger partial charge in [0.15, 0.2) is 5.69 Å². The second-order valence-corrected chi connectivity index (χ2v) is 9.22. The summed E-state index contributed by atoms with van der Waals surface area (Å²) in [7, 11) is 0. The van der Waals surface area contributed by atoms with Crippen LogP contribution in [-0.2, 0) is 17.3 Å². The van der Waals surface area contributed by atoms with E-state index in [-0.39, 0.29) is 17.3 Å². The lowest BCUT2D eigenvalue weighted by atomic mass is 10.1. The fourth-order valence-electron chi connectivity index (χ4n) is 4.43. The number of benzene rings is 2. The van der Waals surface area contributed by atoms with Gasteiger partial charge in [0.25, 0.3) is 5.91 Å². The molecule has 0 radical (unpaired) electrons. The van der Waals surface area contributed by atoms with Gasteiger partial charge in [-0.1, -0.05) is 35.3 Å². The van der Waals surface area contributed by atoms with E-state index in [1.807, 2.05) is 6.08 Å². The highest BCUT2D eigenvalue weighted by atomic mass is 35.5. The van der Waals surface area contributed by atoms with E-state index in [1.54, 1.807) is 29.2 Å². The molecule has 5 rings (SSSR count). The van der Waals surface area contributed by atoms with Crippen molar-refractivity contribution in [2.75, 3.05) is 26.3 Å². The van der Waals surface area contributed by atoms with E-state index in [0.717, 1.165) is 28.8 Å². The summed E-state index contributed by atoms with van der Waals surface area (Å²) < 4.78 is 47.1. The number of amides is 1. The molecular formula is C25H20Cl2F3N3O2. The molecule has 1 aromatic heterocycles. The van der Waals surface area contributed by atoms with Crippen LogP contribution in [0.3, 0.4) is 0 Å². The number of ether oxygens (including phenoxy) is 1. The van der Waals surface area contributed by atoms with Crippen LogP contribution < -0.4 is 0 Å². The number of hydrogen-bond acceptors (Lipinski definition) is 3. The molecule has 1 saturated heterocycles. The first kappa shape index (κ1) is 23.9. The molecule has 0 spiro atoms. The highest BCUT2D eigenvalue weighted by Gasteiger charge is 2.34. The van der Waals surface area contributed by atoms with E-state index in [1.165, 1.54) is 10.7 Å². The third-order valence-electron chi connectivity index (χ3n) is 6.14. The molecule has 1 aliphatic carbocycles. The number of nitrogens with zero attached hydrogens (tertiary/aromatic N) is 3. The van der Waals surface area contributed by atoms with Crippen molar-refractivity contribution in [2.24, 2.45) is 0 Å². The second-order valence-electron chi connectivity index (χ2n) is 8.38. The van der Waals surface area contributed by atoms with Gasteiger partial charge in [-0.3, -0.25) is 4.79 Å². The molecule has 0 bridgehead atoms. The number of rotatable bonds is 3. The van der Waals surface area contributed by atoms with Gasteiger partial charge in [-0.2, -0.15) is 18.3 Å². The molecule has 0 saturated carbocycles. The van der Waals surface area contributed by atoms with E-state index in [0.29, 0.717) is 54.9 Å². The van der Waals surface area contributed by atoms with Crippen LogP contribution >= 0.6 is 23.2 Å². The van der Waals surface area contributed by atoms with Gasteiger partial charge in [-0.15, -0.1) is 0 Å². The summed E-state index contributed by atoms with van der Waals surface area (Å²) in [5.74, 6) is -0.249. The van der Waals surface area contributed by atoms with Crippen LogP contribution in [0.15, 0.2) is 42.5 Å². The fraction of sp³-hybridized carbons (Fsp3) is 0.280. The van der Waals surface area contributed by atoms with Crippen LogP contribution in [0, 0.1) is 0 Å². The van der Waals surface area contributed by atoms with Crippen molar-refractivity contribution in [3.8, 4) is 5.69 Å². The lowest BCUT2D eigenvalue weighted by Gasteiger charge is -2.26. The zero-order chi connectivity index (χ0) is 24.7. The van der Waals surface area contributed by atoms with Crippen molar-refractivity contribution in [1.82, 2.24) is 14.7 Å². The van der Waals surface area contributed by atoms with Crippen LogP contribution in [0.1, 0.15) is 39.3 Å². The Morgan fingerprint density at radius 2 is 1.83 bits per heavy atom. The molecular weight excluding hydrogens is 502 g/mol. The first-order valence-corrected chi connectivity index (χ1v) is 11.8. The number of allylic oxidation sites excluding steroid dienone is 1. The molecule has 0 atom stereocenters. The minimum Gasteiger partial charge on any atom is -0.378 e. The molecule has 35 heavy (non-hydrogen) atoms. The molecule has 5 nitrogen and oxygen atoms in total. The largest absolute Gasteiger partial charge is 0.416 e. The van der Waals surface area contributed by atoms with Crippen LogP contribution in [0.5, 0.6) is 0 Å². The van der Waals surface area contributed by atoms with Gasteiger partial charge in [-0.25, -0.2) is 4.68 Å². The maximum Gasteiger partial charge on any atom is 0.416 e. The van der Waals surface area contributed by atoms with Gasteiger partial charge in [0.1, 0.15) is 0 Å². The van der Waals surface area contributed by atoms with Crippen molar-refractivity contribution < 1.29 is 22.7 Å². The van der Waals surface area contributed by atoms with Crippen LogP contribution in [0.4, 0.5) is 13.2 Å². The Bertz CT molecular complexity index is 1330. The van der Waals surface area contributed by atoms with Gasteiger partial charge in [0.2, 0.25) is 0 Å². The predicted octanol–water partition coefficient (Wildman–Crippen LogP) is 6.16. The average molecular weight is 522 g/mol. The maximum atomic E-state index is 13.4. The Labute approximate surface area is 209 Å². The van der Waals surface area contributed by atoms with Crippen LogP contribution in [-0.4, -0.2) is 46.9 Å². The topological polar surface area (TPSA) is 47.4 Å². The summed E-state index contributed by atoms with van der Waals surface area (Å²) in [5.41, 5.74) is 2.58. The molecule has 0 unspecified atom stereocenters. The average Bonchev–Trinajstić information content (AvgIpc) is 3.41. The molecule has 2 heterocycles. The van der Waals surface area contributed by atoms with Crippen molar-refractivity contribution in [3.05, 3.63) is 80.6 Å². The zero-order valence-corrected chi connectivity index (χ0v) is 19.9. The van der Waals surface area contributed by atoms with Crippen LogP contribution in [0.2, 0.25) is 10.0 Å². The van der Waals surface area contributed by atoms with Gasteiger partial charge in [0.05, 0.1) is 30.2 Å². The van der Waals surface area contributed by atoms with E-state index in [2.05, 4.69) is 5.10 Å². The van der Waals surface area contributed by atoms with Crippen molar-refractivity contribution in [1.29, 1.82) is 0 Å². The van der Waals surface area contributed by atoms with Gasteiger partial charge in [-0.05, 0) is 60.4 Å². The number of halogens is 5.